The van der Waals surface area contributed by atoms with Crippen molar-refractivity contribution in [3.63, 3.8) is 0 Å². The molecule has 1 rings (SSSR count). The Morgan fingerprint density at radius 2 is 1.71 bits per heavy atom. The molecule has 0 aliphatic heterocycles. The second-order valence-corrected chi connectivity index (χ2v) is 5.37. The standard InChI is InChI=1S/C13H27N/c1-11(2)7-6-8-12(3)14-13-9-4-5-10-13/h11-14H,4-10H2,1-3H3. The maximum absolute atomic E-state index is 3.75. The van der Waals surface area contributed by atoms with E-state index in [1.807, 2.05) is 0 Å². The first-order valence-electron chi connectivity index (χ1n) is 6.44. The van der Waals surface area contributed by atoms with Crippen LogP contribution in [-0.4, -0.2) is 12.1 Å². The third-order valence-electron chi connectivity index (χ3n) is 3.29. The largest absolute Gasteiger partial charge is 0.312 e. The Morgan fingerprint density at radius 3 is 2.29 bits per heavy atom. The molecule has 1 heteroatoms. The molecule has 0 radical (unpaired) electrons. The Hall–Kier alpha value is -0.0400. The van der Waals surface area contributed by atoms with E-state index in [9.17, 15) is 0 Å². The van der Waals surface area contributed by atoms with Crippen LogP contribution in [0.15, 0.2) is 0 Å². The first kappa shape index (κ1) is 12.0. The molecule has 0 amide bonds. The molecule has 84 valence electrons. The third kappa shape index (κ3) is 4.99. The molecular weight excluding hydrogens is 170 g/mol. The van der Waals surface area contributed by atoms with Crippen LogP contribution in [-0.2, 0) is 0 Å². The average Bonchev–Trinajstić information content (AvgIpc) is 2.56. The van der Waals surface area contributed by atoms with Crippen molar-refractivity contribution in [3.05, 3.63) is 0 Å². The third-order valence-corrected chi connectivity index (χ3v) is 3.29. The Kier molecular flexibility index (Phi) is 5.54. The van der Waals surface area contributed by atoms with Gasteiger partial charge in [-0.15, -0.1) is 0 Å². The molecular formula is C13H27N. The molecule has 0 aromatic heterocycles. The van der Waals surface area contributed by atoms with Crippen molar-refractivity contribution in [3.8, 4) is 0 Å². The van der Waals surface area contributed by atoms with Gasteiger partial charge < -0.3 is 5.32 Å². The summed E-state index contributed by atoms with van der Waals surface area (Å²) in [6.45, 7) is 6.97. The highest BCUT2D eigenvalue weighted by atomic mass is 14.9. The van der Waals surface area contributed by atoms with Crippen molar-refractivity contribution in [2.45, 2.75) is 77.8 Å². The molecule has 1 aliphatic rings. The van der Waals surface area contributed by atoms with Crippen molar-refractivity contribution in [1.82, 2.24) is 5.32 Å². The number of nitrogens with one attached hydrogen (secondary N) is 1. The molecule has 1 saturated carbocycles. The highest BCUT2D eigenvalue weighted by molar-refractivity contribution is 4.76. The maximum atomic E-state index is 3.75. The quantitative estimate of drug-likeness (QED) is 0.684. The summed E-state index contributed by atoms with van der Waals surface area (Å²) >= 11 is 0. The first-order valence-corrected chi connectivity index (χ1v) is 6.44. The average molecular weight is 197 g/mol. The van der Waals surface area contributed by atoms with Crippen LogP contribution in [0.2, 0.25) is 0 Å². The van der Waals surface area contributed by atoms with Crippen LogP contribution in [0.5, 0.6) is 0 Å². The summed E-state index contributed by atoms with van der Waals surface area (Å²) < 4.78 is 0. The van der Waals surface area contributed by atoms with Gasteiger partial charge in [0.1, 0.15) is 0 Å². The van der Waals surface area contributed by atoms with E-state index in [4.69, 9.17) is 0 Å². The fourth-order valence-electron chi connectivity index (χ4n) is 2.41. The molecule has 1 unspecified atom stereocenters. The Balaban J connectivity index is 2.00. The van der Waals surface area contributed by atoms with E-state index in [1.165, 1.54) is 44.9 Å². The lowest BCUT2D eigenvalue weighted by molar-refractivity contribution is 0.407. The highest BCUT2D eigenvalue weighted by Crippen LogP contribution is 2.19. The van der Waals surface area contributed by atoms with Crippen LogP contribution in [0.25, 0.3) is 0 Å². The number of hydrogen-bond donors (Lipinski definition) is 1. The molecule has 14 heavy (non-hydrogen) atoms. The lowest BCUT2D eigenvalue weighted by Gasteiger charge is -2.19. The number of rotatable bonds is 6. The minimum Gasteiger partial charge on any atom is -0.312 e. The van der Waals surface area contributed by atoms with Gasteiger partial charge >= 0.3 is 0 Å². The van der Waals surface area contributed by atoms with Crippen molar-refractivity contribution in [2.24, 2.45) is 5.92 Å². The summed E-state index contributed by atoms with van der Waals surface area (Å²) in [5.41, 5.74) is 0. The molecule has 1 fully saturated rings. The van der Waals surface area contributed by atoms with Gasteiger partial charge in [-0.3, -0.25) is 0 Å². The SMILES string of the molecule is CC(C)CCCC(C)NC1CCCC1. The van der Waals surface area contributed by atoms with E-state index >= 15 is 0 Å². The van der Waals surface area contributed by atoms with E-state index < -0.39 is 0 Å². The Morgan fingerprint density at radius 1 is 1.07 bits per heavy atom. The van der Waals surface area contributed by atoms with Gasteiger partial charge in [0.2, 0.25) is 0 Å². The fraction of sp³-hybridized carbons (Fsp3) is 1.00. The van der Waals surface area contributed by atoms with E-state index in [2.05, 4.69) is 26.1 Å². The second kappa shape index (κ2) is 6.44. The molecule has 0 bridgehead atoms. The molecule has 1 N–H and O–H groups in total. The van der Waals surface area contributed by atoms with E-state index in [1.54, 1.807) is 0 Å². The zero-order valence-electron chi connectivity index (χ0n) is 10.2. The molecule has 1 aliphatic carbocycles. The number of hydrogen-bond acceptors (Lipinski definition) is 1. The van der Waals surface area contributed by atoms with E-state index in [0.717, 1.165) is 18.0 Å². The molecule has 0 heterocycles. The van der Waals surface area contributed by atoms with Gasteiger partial charge in [0.05, 0.1) is 0 Å². The van der Waals surface area contributed by atoms with Crippen molar-refractivity contribution in [2.75, 3.05) is 0 Å². The minimum absolute atomic E-state index is 0.733. The van der Waals surface area contributed by atoms with Gasteiger partial charge in [-0.1, -0.05) is 39.5 Å². The van der Waals surface area contributed by atoms with Crippen molar-refractivity contribution >= 4 is 0 Å². The zero-order chi connectivity index (χ0) is 10.4. The molecule has 0 spiro atoms. The van der Waals surface area contributed by atoms with Crippen LogP contribution >= 0.6 is 0 Å². The van der Waals surface area contributed by atoms with Gasteiger partial charge in [-0.2, -0.15) is 0 Å². The Bertz CT molecular complexity index is 136. The van der Waals surface area contributed by atoms with E-state index in [0.29, 0.717) is 0 Å². The van der Waals surface area contributed by atoms with Crippen LogP contribution in [0, 0.1) is 5.92 Å². The van der Waals surface area contributed by atoms with Gasteiger partial charge in [0.25, 0.3) is 0 Å². The normalized spacial score (nSPS) is 20.6. The zero-order valence-corrected chi connectivity index (χ0v) is 10.2. The molecule has 0 aromatic rings. The monoisotopic (exact) mass is 197 g/mol. The lowest BCUT2D eigenvalue weighted by atomic mass is 10.0. The van der Waals surface area contributed by atoms with Crippen LogP contribution in [0.3, 0.4) is 0 Å². The first-order chi connectivity index (χ1) is 6.68. The topological polar surface area (TPSA) is 12.0 Å². The van der Waals surface area contributed by atoms with Gasteiger partial charge in [-0.25, -0.2) is 0 Å². The van der Waals surface area contributed by atoms with Crippen LogP contribution < -0.4 is 5.32 Å². The van der Waals surface area contributed by atoms with Crippen LogP contribution in [0.1, 0.15) is 65.7 Å². The van der Waals surface area contributed by atoms with Crippen LogP contribution in [0.4, 0.5) is 0 Å². The summed E-state index contributed by atoms with van der Waals surface area (Å²) in [5.74, 6) is 0.869. The predicted molar refractivity (Wildman–Crippen MR) is 63.5 cm³/mol. The minimum atomic E-state index is 0.733. The van der Waals surface area contributed by atoms with Crippen molar-refractivity contribution < 1.29 is 0 Å². The summed E-state index contributed by atoms with van der Waals surface area (Å²) in [6, 6.07) is 1.57. The van der Waals surface area contributed by atoms with Gasteiger partial charge in [0.15, 0.2) is 0 Å². The summed E-state index contributed by atoms with van der Waals surface area (Å²) in [5, 5.41) is 3.75. The maximum Gasteiger partial charge on any atom is 0.00695 e. The summed E-state index contributed by atoms with van der Waals surface area (Å²) in [6.07, 6.45) is 9.83. The Labute approximate surface area is 89.7 Å². The fourth-order valence-corrected chi connectivity index (χ4v) is 2.41. The predicted octanol–water partition coefficient (Wildman–Crippen LogP) is 3.73. The molecule has 1 atom stereocenters. The second-order valence-electron chi connectivity index (χ2n) is 5.37. The smallest absolute Gasteiger partial charge is 0.00695 e. The van der Waals surface area contributed by atoms with E-state index in [-0.39, 0.29) is 0 Å². The highest BCUT2D eigenvalue weighted by Gasteiger charge is 2.16. The van der Waals surface area contributed by atoms with Gasteiger partial charge in [-0.05, 0) is 32.1 Å². The summed E-state index contributed by atoms with van der Waals surface area (Å²) in [7, 11) is 0. The molecule has 0 aromatic carbocycles. The lowest BCUT2D eigenvalue weighted by Crippen LogP contribution is -2.34. The molecule has 0 saturated heterocycles. The molecule has 1 nitrogen and oxygen atoms in total. The van der Waals surface area contributed by atoms with Crippen molar-refractivity contribution in [1.29, 1.82) is 0 Å². The van der Waals surface area contributed by atoms with Gasteiger partial charge in [0, 0.05) is 12.1 Å². The summed E-state index contributed by atoms with van der Waals surface area (Å²) in [4.78, 5) is 0.